The summed E-state index contributed by atoms with van der Waals surface area (Å²) in [6.45, 7) is 3.96. The van der Waals surface area contributed by atoms with Crippen LogP contribution in [-0.2, 0) is 12.8 Å². The lowest BCUT2D eigenvalue weighted by Gasteiger charge is -2.18. The fourth-order valence-electron chi connectivity index (χ4n) is 8.57. The summed E-state index contributed by atoms with van der Waals surface area (Å²) in [6, 6.07) is 53.2. The van der Waals surface area contributed by atoms with Gasteiger partial charge in [0.05, 0.1) is 0 Å². The first kappa shape index (κ1) is 32.0. The Morgan fingerprint density at radius 2 is 1.31 bits per heavy atom. The summed E-state index contributed by atoms with van der Waals surface area (Å²) in [4.78, 5) is 0. The predicted molar refractivity (Wildman–Crippen MR) is 232 cm³/mol. The fourth-order valence-corrected chi connectivity index (χ4v) is 8.57. The van der Waals surface area contributed by atoms with Gasteiger partial charge in [0, 0.05) is 16.3 Å². The van der Waals surface area contributed by atoms with Gasteiger partial charge in [0.15, 0.2) is 0 Å². The van der Waals surface area contributed by atoms with Gasteiger partial charge >= 0.3 is 0 Å². The summed E-state index contributed by atoms with van der Waals surface area (Å²) in [5.74, 6) is 0. The van der Waals surface area contributed by atoms with Crippen molar-refractivity contribution in [3.05, 3.63) is 205 Å². The Hall–Kier alpha value is -6.70. The van der Waals surface area contributed by atoms with E-state index < -0.39 is 0 Å². The number of para-hydroxylation sites is 2. The van der Waals surface area contributed by atoms with E-state index in [0.29, 0.717) is 0 Å². The first-order valence-electron chi connectivity index (χ1n) is 18.9. The van der Waals surface area contributed by atoms with Crippen LogP contribution in [0.1, 0.15) is 28.7 Å². The molecule has 10 rings (SSSR count). The third-order valence-electron chi connectivity index (χ3n) is 11.2. The second-order valence-corrected chi connectivity index (χ2v) is 14.3. The topological polar surface area (TPSA) is 13.1 Å². The normalized spacial score (nSPS) is 13.1. The third kappa shape index (κ3) is 5.49. The van der Waals surface area contributed by atoms with Crippen molar-refractivity contribution in [2.75, 3.05) is 0 Å². The van der Waals surface area contributed by atoms with Crippen LogP contribution in [0.2, 0.25) is 0 Å². The second-order valence-electron chi connectivity index (χ2n) is 14.3. The molecule has 8 aromatic carbocycles. The van der Waals surface area contributed by atoms with Gasteiger partial charge in [-0.2, -0.15) is 0 Å². The van der Waals surface area contributed by atoms with Gasteiger partial charge in [-0.05, 0) is 120 Å². The highest BCUT2D eigenvalue weighted by molar-refractivity contribution is 6.16. The van der Waals surface area contributed by atoms with E-state index in [1.165, 1.54) is 71.3 Å². The Labute approximate surface area is 315 Å². The van der Waals surface area contributed by atoms with Crippen LogP contribution in [0.15, 0.2) is 187 Å². The summed E-state index contributed by atoms with van der Waals surface area (Å²) in [5, 5.41) is 9.84. The van der Waals surface area contributed by atoms with E-state index in [0.717, 1.165) is 52.3 Å². The molecule has 0 saturated heterocycles. The molecular weight excluding hydrogens is 653 g/mol. The molecule has 0 N–H and O–H groups in total. The standard InChI is InChI=1S/C53H38O/c1-2-3-13-35(38-25-24-36-14-4-5-15-37(36)32-38)30-31-46-44-16-6-8-19-48(44)52(49-20-9-7-17-45(46)49)42-29-27-39-33-41(28-26-40(39)34-42)43-21-12-22-50-47-18-10-11-23-51(47)54-53(43)50/h2-3,5-13,15-30,32-34H,1,4,14,31H2/b13-3-,35-30+. The molecule has 0 fully saturated rings. The molecule has 0 radical (unpaired) electrons. The average molecular weight is 691 g/mol. The highest BCUT2D eigenvalue weighted by Gasteiger charge is 2.17. The van der Waals surface area contributed by atoms with E-state index in [2.05, 4.69) is 164 Å². The van der Waals surface area contributed by atoms with Crippen molar-refractivity contribution in [3.63, 3.8) is 0 Å². The number of rotatable bonds is 7. The van der Waals surface area contributed by atoms with Crippen LogP contribution >= 0.6 is 0 Å². The van der Waals surface area contributed by atoms with Crippen LogP contribution in [0.25, 0.3) is 88.2 Å². The monoisotopic (exact) mass is 690 g/mol. The lowest BCUT2D eigenvalue weighted by Crippen LogP contribution is -1.96. The Kier molecular flexibility index (Phi) is 7.92. The van der Waals surface area contributed by atoms with Crippen molar-refractivity contribution in [1.29, 1.82) is 0 Å². The maximum atomic E-state index is 6.40. The molecule has 1 nitrogen and oxygen atoms in total. The van der Waals surface area contributed by atoms with Crippen LogP contribution in [0.3, 0.4) is 0 Å². The first-order valence-corrected chi connectivity index (χ1v) is 18.9. The van der Waals surface area contributed by atoms with Gasteiger partial charge in [-0.15, -0.1) is 0 Å². The molecule has 1 aliphatic carbocycles. The van der Waals surface area contributed by atoms with E-state index in [1.54, 1.807) is 0 Å². The Balaban J connectivity index is 1.08. The molecule has 256 valence electrons. The number of furan rings is 1. The van der Waals surface area contributed by atoms with E-state index in [9.17, 15) is 0 Å². The molecule has 1 heterocycles. The van der Waals surface area contributed by atoms with Crippen molar-refractivity contribution in [2.24, 2.45) is 0 Å². The minimum Gasteiger partial charge on any atom is -0.455 e. The smallest absolute Gasteiger partial charge is 0.143 e. The Morgan fingerprint density at radius 3 is 2.09 bits per heavy atom. The zero-order valence-electron chi connectivity index (χ0n) is 30.1. The van der Waals surface area contributed by atoms with E-state index in [1.807, 2.05) is 24.3 Å². The zero-order chi connectivity index (χ0) is 36.0. The fraction of sp³-hybridized carbons (Fsp3) is 0.0566. The van der Waals surface area contributed by atoms with Gasteiger partial charge in [-0.3, -0.25) is 0 Å². The number of fused-ring (bicyclic) bond motifs is 7. The Bertz CT molecular complexity index is 2980. The van der Waals surface area contributed by atoms with Crippen LogP contribution in [0, 0.1) is 0 Å². The molecule has 0 unspecified atom stereocenters. The summed E-state index contributed by atoms with van der Waals surface area (Å²) in [5.41, 5.74) is 13.2. The maximum absolute atomic E-state index is 6.40. The van der Waals surface area contributed by atoms with Gasteiger partial charge in [0.25, 0.3) is 0 Å². The van der Waals surface area contributed by atoms with Crippen molar-refractivity contribution >= 4 is 65.9 Å². The molecule has 0 aliphatic heterocycles. The predicted octanol–water partition coefficient (Wildman–Crippen LogP) is 14.7. The van der Waals surface area contributed by atoms with Gasteiger partial charge in [0.1, 0.15) is 11.2 Å². The third-order valence-corrected chi connectivity index (χ3v) is 11.2. The molecule has 0 saturated carbocycles. The van der Waals surface area contributed by atoms with Gasteiger partial charge in [0.2, 0.25) is 0 Å². The van der Waals surface area contributed by atoms with Crippen LogP contribution < -0.4 is 0 Å². The highest BCUT2D eigenvalue weighted by atomic mass is 16.3. The van der Waals surface area contributed by atoms with Crippen LogP contribution in [-0.4, -0.2) is 0 Å². The molecule has 1 aliphatic rings. The second kappa shape index (κ2) is 13.4. The maximum Gasteiger partial charge on any atom is 0.143 e. The molecule has 54 heavy (non-hydrogen) atoms. The summed E-state index contributed by atoms with van der Waals surface area (Å²) >= 11 is 0. The van der Waals surface area contributed by atoms with Crippen LogP contribution in [0.4, 0.5) is 0 Å². The average Bonchev–Trinajstić information content (AvgIpc) is 3.62. The van der Waals surface area contributed by atoms with Crippen molar-refractivity contribution in [3.8, 4) is 22.3 Å². The lowest BCUT2D eigenvalue weighted by molar-refractivity contribution is 0.670. The van der Waals surface area contributed by atoms with Gasteiger partial charge < -0.3 is 4.42 Å². The molecule has 0 amide bonds. The molecule has 0 bridgehead atoms. The van der Waals surface area contributed by atoms with Gasteiger partial charge in [-0.25, -0.2) is 0 Å². The van der Waals surface area contributed by atoms with Crippen molar-refractivity contribution < 1.29 is 4.42 Å². The largest absolute Gasteiger partial charge is 0.455 e. The summed E-state index contributed by atoms with van der Waals surface area (Å²) in [6.07, 6.45) is 16.1. The molecule has 1 aromatic heterocycles. The minimum atomic E-state index is 0.809. The molecule has 0 atom stereocenters. The van der Waals surface area contributed by atoms with Crippen molar-refractivity contribution in [1.82, 2.24) is 0 Å². The first-order chi connectivity index (χ1) is 26.7. The number of aryl methyl sites for hydroxylation is 1. The lowest BCUT2D eigenvalue weighted by atomic mass is 9.86. The summed E-state index contributed by atoms with van der Waals surface area (Å²) in [7, 11) is 0. The van der Waals surface area contributed by atoms with E-state index >= 15 is 0 Å². The number of allylic oxidation sites excluding steroid dienone is 6. The zero-order valence-corrected chi connectivity index (χ0v) is 30.1. The number of benzene rings is 8. The van der Waals surface area contributed by atoms with Gasteiger partial charge in [-0.1, -0.05) is 164 Å². The van der Waals surface area contributed by atoms with Crippen LogP contribution in [0.5, 0.6) is 0 Å². The number of hydrogen-bond donors (Lipinski definition) is 0. The Morgan fingerprint density at radius 1 is 0.630 bits per heavy atom. The minimum absolute atomic E-state index is 0.809. The quantitative estimate of drug-likeness (QED) is 0.120. The van der Waals surface area contributed by atoms with Crippen molar-refractivity contribution in [2.45, 2.75) is 19.3 Å². The highest BCUT2D eigenvalue weighted by Crippen LogP contribution is 2.42. The molecule has 1 heteroatoms. The van der Waals surface area contributed by atoms with E-state index in [4.69, 9.17) is 4.42 Å². The molecule has 9 aromatic rings. The molecular formula is C53H38O. The van der Waals surface area contributed by atoms with E-state index in [-0.39, 0.29) is 0 Å². The number of hydrogen-bond acceptors (Lipinski definition) is 1. The molecule has 0 spiro atoms. The summed E-state index contributed by atoms with van der Waals surface area (Å²) < 4.78 is 6.40. The SMILES string of the molecule is C=C/C=C\C(=C/Cc1c2ccccc2c(-c2ccc3cc(-c4cccc5c4oc4ccccc45)ccc3c2)c2ccccc12)c1ccc2c(c1)C=CCC2.